The predicted molar refractivity (Wildman–Crippen MR) is 63.3 cm³/mol. The molecule has 1 aromatic rings. The number of nitrogens with zero attached hydrogens (tertiary/aromatic N) is 2. The van der Waals surface area contributed by atoms with Gasteiger partial charge in [-0.1, -0.05) is 23.4 Å². The van der Waals surface area contributed by atoms with Crippen molar-refractivity contribution in [3.8, 4) is 0 Å². The Kier molecular flexibility index (Phi) is 2.63. The highest BCUT2D eigenvalue weighted by molar-refractivity contribution is 6.08. The van der Waals surface area contributed by atoms with E-state index in [1.807, 2.05) is 0 Å². The van der Waals surface area contributed by atoms with Crippen LogP contribution in [-0.4, -0.2) is 29.0 Å². The van der Waals surface area contributed by atoms with Gasteiger partial charge < -0.3 is 15.2 Å². The molecule has 2 N–H and O–H groups in total. The topological polar surface area (TPSA) is 73.1 Å². The monoisotopic (exact) mass is 234 g/mol. The minimum absolute atomic E-state index is 0.0102. The van der Waals surface area contributed by atoms with Crippen molar-refractivity contribution in [2.24, 2.45) is 5.16 Å². The molecule has 0 saturated heterocycles. The average molecular weight is 234 g/mol. The van der Waals surface area contributed by atoms with E-state index in [9.17, 15) is 9.90 Å². The second-order valence-corrected chi connectivity index (χ2v) is 4.25. The summed E-state index contributed by atoms with van der Waals surface area (Å²) in [6.07, 6.45) is -0.0102. The minimum Gasteiger partial charge on any atom is -0.411 e. The fraction of sp³-hybridized carbons (Fsp3) is 0.333. The number of amides is 1. The molecule has 0 saturated carbocycles. The van der Waals surface area contributed by atoms with Crippen molar-refractivity contribution in [1.82, 2.24) is 0 Å². The molecule has 0 aliphatic carbocycles. The number of fused-ring (bicyclic) bond motifs is 1. The number of likely N-dealkylation sites (N-methyl/N-ethyl adjacent to an activating group) is 1. The zero-order valence-corrected chi connectivity index (χ0v) is 9.71. The Hall–Kier alpha value is -1.88. The third-order valence-corrected chi connectivity index (χ3v) is 3.05. The maximum absolute atomic E-state index is 12.1. The molecular weight excluding hydrogens is 220 g/mol. The van der Waals surface area contributed by atoms with Crippen molar-refractivity contribution in [1.29, 1.82) is 0 Å². The van der Waals surface area contributed by atoms with Crippen LogP contribution >= 0.6 is 0 Å². The lowest BCUT2D eigenvalue weighted by molar-refractivity contribution is -0.135. The van der Waals surface area contributed by atoms with Gasteiger partial charge in [0.15, 0.2) is 5.60 Å². The molecule has 5 nitrogen and oxygen atoms in total. The van der Waals surface area contributed by atoms with Gasteiger partial charge in [-0.2, -0.15) is 0 Å². The molecule has 0 spiro atoms. The molecule has 1 amide bonds. The normalized spacial score (nSPS) is 24.1. The zero-order chi connectivity index (χ0) is 12.6. The Morgan fingerprint density at radius 1 is 1.47 bits per heavy atom. The SMILES string of the molecule is C/C(C[C@@]1(O)C(=O)N(C)c2ccccc21)=N/O. The maximum Gasteiger partial charge on any atom is 0.263 e. The molecule has 1 aliphatic heterocycles. The fourth-order valence-electron chi connectivity index (χ4n) is 2.19. The number of rotatable bonds is 2. The average Bonchev–Trinajstić information content (AvgIpc) is 2.53. The van der Waals surface area contributed by atoms with Crippen molar-refractivity contribution in [3.63, 3.8) is 0 Å². The molecule has 1 atom stereocenters. The van der Waals surface area contributed by atoms with Crippen molar-refractivity contribution in [2.45, 2.75) is 18.9 Å². The Labute approximate surface area is 99.0 Å². The number of hydrogen-bond donors (Lipinski definition) is 2. The molecule has 0 aromatic heterocycles. The molecule has 0 unspecified atom stereocenters. The van der Waals surface area contributed by atoms with Crippen molar-refractivity contribution in [2.75, 3.05) is 11.9 Å². The highest BCUT2D eigenvalue weighted by atomic mass is 16.4. The molecule has 1 aliphatic rings. The Balaban J connectivity index is 2.52. The van der Waals surface area contributed by atoms with Gasteiger partial charge in [0, 0.05) is 19.0 Å². The smallest absolute Gasteiger partial charge is 0.263 e. The van der Waals surface area contributed by atoms with Crippen molar-refractivity contribution in [3.05, 3.63) is 29.8 Å². The highest BCUT2D eigenvalue weighted by Gasteiger charge is 2.48. The molecule has 2 rings (SSSR count). The molecule has 1 aromatic carbocycles. The molecule has 0 fully saturated rings. The van der Waals surface area contributed by atoms with E-state index in [2.05, 4.69) is 5.16 Å². The highest BCUT2D eigenvalue weighted by Crippen LogP contribution is 2.41. The summed E-state index contributed by atoms with van der Waals surface area (Å²) < 4.78 is 0. The second kappa shape index (κ2) is 3.85. The maximum atomic E-state index is 12.1. The van der Waals surface area contributed by atoms with Gasteiger partial charge in [0.2, 0.25) is 0 Å². The zero-order valence-electron chi connectivity index (χ0n) is 9.71. The Morgan fingerprint density at radius 2 is 2.12 bits per heavy atom. The van der Waals surface area contributed by atoms with Crippen LogP contribution in [-0.2, 0) is 10.4 Å². The molecule has 90 valence electrons. The molecule has 1 heterocycles. The van der Waals surface area contributed by atoms with Gasteiger partial charge in [-0.3, -0.25) is 4.79 Å². The summed E-state index contributed by atoms with van der Waals surface area (Å²) in [4.78, 5) is 13.5. The first-order valence-corrected chi connectivity index (χ1v) is 5.28. The number of para-hydroxylation sites is 1. The van der Waals surface area contributed by atoms with Crippen LogP contribution in [0.25, 0.3) is 0 Å². The summed E-state index contributed by atoms with van der Waals surface area (Å²) in [6, 6.07) is 7.06. The van der Waals surface area contributed by atoms with Gasteiger partial charge in [0.1, 0.15) is 0 Å². The van der Waals surface area contributed by atoms with Crippen LogP contribution in [0.2, 0.25) is 0 Å². The minimum atomic E-state index is -1.62. The van der Waals surface area contributed by atoms with Crippen LogP contribution in [0.5, 0.6) is 0 Å². The van der Waals surface area contributed by atoms with E-state index in [-0.39, 0.29) is 6.42 Å². The first kappa shape index (κ1) is 11.6. The number of carbonyl (C=O) groups excluding carboxylic acids is 1. The van der Waals surface area contributed by atoms with Gasteiger partial charge in [-0.05, 0) is 13.0 Å². The van der Waals surface area contributed by atoms with Crippen molar-refractivity contribution >= 4 is 17.3 Å². The van der Waals surface area contributed by atoms with Crippen LogP contribution in [0.15, 0.2) is 29.4 Å². The molecule has 0 bridgehead atoms. The van der Waals surface area contributed by atoms with Gasteiger partial charge in [0.25, 0.3) is 5.91 Å². The van der Waals surface area contributed by atoms with E-state index in [0.29, 0.717) is 17.0 Å². The number of aliphatic hydroxyl groups is 1. The quantitative estimate of drug-likeness (QED) is 0.457. The van der Waals surface area contributed by atoms with E-state index < -0.39 is 11.5 Å². The Bertz CT molecular complexity index is 498. The number of hydrogen-bond acceptors (Lipinski definition) is 4. The summed E-state index contributed by atoms with van der Waals surface area (Å²) in [6.45, 7) is 1.56. The van der Waals surface area contributed by atoms with Gasteiger partial charge in [-0.15, -0.1) is 0 Å². The van der Waals surface area contributed by atoms with E-state index in [0.717, 1.165) is 0 Å². The Morgan fingerprint density at radius 3 is 2.76 bits per heavy atom. The number of anilines is 1. The van der Waals surface area contributed by atoms with Gasteiger partial charge >= 0.3 is 0 Å². The molecule has 0 radical (unpaired) electrons. The van der Waals surface area contributed by atoms with Crippen LogP contribution in [0.4, 0.5) is 5.69 Å². The van der Waals surface area contributed by atoms with Gasteiger partial charge in [-0.25, -0.2) is 0 Å². The molecule has 5 heteroatoms. The summed E-state index contributed by atoms with van der Waals surface area (Å²) in [5.41, 5.74) is -0.0750. The van der Waals surface area contributed by atoms with Gasteiger partial charge in [0.05, 0.1) is 11.4 Å². The summed E-state index contributed by atoms with van der Waals surface area (Å²) in [5.74, 6) is -0.401. The van der Waals surface area contributed by atoms with E-state index >= 15 is 0 Å². The third-order valence-electron chi connectivity index (χ3n) is 3.05. The predicted octanol–water partition coefficient (Wildman–Crippen LogP) is 1.09. The first-order chi connectivity index (χ1) is 8.00. The van der Waals surface area contributed by atoms with Crippen molar-refractivity contribution < 1.29 is 15.1 Å². The lowest BCUT2D eigenvalue weighted by atomic mass is 9.90. The van der Waals surface area contributed by atoms with E-state index in [1.54, 1.807) is 38.2 Å². The lowest BCUT2D eigenvalue weighted by Gasteiger charge is -2.21. The number of benzene rings is 1. The molecule has 17 heavy (non-hydrogen) atoms. The number of carbonyl (C=O) groups is 1. The fourth-order valence-corrected chi connectivity index (χ4v) is 2.19. The van der Waals surface area contributed by atoms with Crippen LogP contribution in [0, 0.1) is 0 Å². The third kappa shape index (κ3) is 1.59. The largest absolute Gasteiger partial charge is 0.411 e. The number of oxime groups is 1. The molecular formula is C12H14N2O3. The first-order valence-electron chi connectivity index (χ1n) is 5.28. The summed E-state index contributed by atoms with van der Waals surface area (Å²) in [5, 5.41) is 22.2. The van der Waals surface area contributed by atoms with E-state index in [4.69, 9.17) is 5.21 Å². The standard InChI is InChI=1S/C12H14N2O3/c1-8(13-17)7-12(16)9-5-3-4-6-10(9)14(2)11(12)15/h3-6,16-17H,7H2,1-2H3/b13-8-/t12-/m0/s1. The summed E-state index contributed by atoms with van der Waals surface area (Å²) in [7, 11) is 1.62. The summed E-state index contributed by atoms with van der Waals surface area (Å²) >= 11 is 0. The van der Waals surface area contributed by atoms with Crippen LogP contribution < -0.4 is 4.90 Å². The van der Waals surface area contributed by atoms with Crippen LogP contribution in [0.3, 0.4) is 0 Å². The second-order valence-electron chi connectivity index (χ2n) is 4.25. The van der Waals surface area contributed by atoms with E-state index in [1.165, 1.54) is 4.90 Å². The lowest BCUT2D eigenvalue weighted by Crippen LogP contribution is -2.39. The van der Waals surface area contributed by atoms with Crippen LogP contribution in [0.1, 0.15) is 18.9 Å².